The van der Waals surface area contributed by atoms with Crippen molar-refractivity contribution in [3.8, 4) is 0 Å². The summed E-state index contributed by atoms with van der Waals surface area (Å²) in [4.78, 5) is 14.2. The molecule has 0 aromatic heterocycles. The van der Waals surface area contributed by atoms with Gasteiger partial charge in [0, 0.05) is 18.7 Å². The molecule has 0 heterocycles. The smallest absolute Gasteiger partial charge is 0.251 e. The fourth-order valence-electron chi connectivity index (χ4n) is 2.81. The van der Waals surface area contributed by atoms with Gasteiger partial charge in [-0.15, -0.1) is 0 Å². The van der Waals surface area contributed by atoms with E-state index in [9.17, 15) is 9.90 Å². The van der Waals surface area contributed by atoms with Gasteiger partial charge in [-0.1, -0.05) is 12.1 Å². The summed E-state index contributed by atoms with van der Waals surface area (Å²) in [6, 6.07) is 7.79. The summed E-state index contributed by atoms with van der Waals surface area (Å²) in [5, 5.41) is 12.5. The van der Waals surface area contributed by atoms with Crippen LogP contribution in [0, 0.1) is 5.92 Å². The third-order valence-corrected chi connectivity index (χ3v) is 4.08. The van der Waals surface area contributed by atoms with Crippen LogP contribution >= 0.6 is 0 Å². The molecule has 116 valence electrons. The van der Waals surface area contributed by atoms with E-state index in [1.807, 2.05) is 38.4 Å². The van der Waals surface area contributed by atoms with Crippen molar-refractivity contribution in [2.45, 2.75) is 38.3 Å². The molecule has 1 aromatic carbocycles. The Hall–Kier alpha value is -1.39. The van der Waals surface area contributed by atoms with Crippen molar-refractivity contribution in [2.75, 3.05) is 20.6 Å². The minimum Gasteiger partial charge on any atom is -0.393 e. The minimum atomic E-state index is -0.138. The van der Waals surface area contributed by atoms with Gasteiger partial charge in [-0.2, -0.15) is 0 Å². The van der Waals surface area contributed by atoms with Crippen molar-refractivity contribution in [1.29, 1.82) is 0 Å². The van der Waals surface area contributed by atoms with E-state index < -0.39 is 0 Å². The van der Waals surface area contributed by atoms with Crippen molar-refractivity contribution in [2.24, 2.45) is 5.92 Å². The minimum absolute atomic E-state index is 0.00229. The van der Waals surface area contributed by atoms with Gasteiger partial charge in [0.05, 0.1) is 6.10 Å². The number of benzene rings is 1. The lowest BCUT2D eigenvalue weighted by atomic mass is 9.87. The Morgan fingerprint density at radius 2 is 1.81 bits per heavy atom. The molecule has 1 aliphatic carbocycles. The highest BCUT2D eigenvalue weighted by atomic mass is 16.3. The number of rotatable bonds is 5. The zero-order chi connectivity index (χ0) is 15.2. The highest BCUT2D eigenvalue weighted by Gasteiger charge is 2.19. The van der Waals surface area contributed by atoms with Crippen LogP contribution in [0.4, 0.5) is 0 Å². The van der Waals surface area contributed by atoms with Crippen LogP contribution in [0.25, 0.3) is 0 Å². The molecule has 0 aliphatic heterocycles. The summed E-state index contributed by atoms with van der Waals surface area (Å²) in [6.45, 7) is 1.59. The Bertz CT molecular complexity index is 448. The van der Waals surface area contributed by atoms with Gasteiger partial charge in [0.2, 0.25) is 0 Å². The molecule has 0 bridgehead atoms. The van der Waals surface area contributed by atoms with Gasteiger partial charge in [-0.25, -0.2) is 0 Å². The predicted molar refractivity (Wildman–Crippen MR) is 84.1 cm³/mol. The number of carbonyl (C=O) groups excluding carboxylic acids is 1. The van der Waals surface area contributed by atoms with Crippen molar-refractivity contribution in [3.05, 3.63) is 35.4 Å². The van der Waals surface area contributed by atoms with E-state index in [2.05, 4.69) is 10.2 Å². The maximum Gasteiger partial charge on any atom is 0.251 e. The molecule has 1 saturated carbocycles. The summed E-state index contributed by atoms with van der Waals surface area (Å²) < 4.78 is 0. The zero-order valence-electron chi connectivity index (χ0n) is 13.0. The van der Waals surface area contributed by atoms with E-state index in [0.717, 1.165) is 32.2 Å². The monoisotopic (exact) mass is 290 g/mol. The van der Waals surface area contributed by atoms with Crippen LogP contribution in [0.1, 0.15) is 41.6 Å². The highest BCUT2D eigenvalue weighted by molar-refractivity contribution is 5.94. The second-order valence-corrected chi connectivity index (χ2v) is 6.32. The quantitative estimate of drug-likeness (QED) is 0.872. The molecule has 0 unspecified atom stereocenters. The zero-order valence-corrected chi connectivity index (χ0v) is 13.0. The summed E-state index contributed by atoms with van der Waals surface area (Å²) in [7, 11) is 4.06. The molecule has 1 aromatic rings. The number of amides is 1. The van der Waals surface area contributed by atoms with E-state index in [4.69, 9.17) is 0 Å². The Morgan fingerprint density at radius 3 is 2.38 bits per heavy atom. The molecule has 2 rings (SSSR count). The maximum absolute atomic E-state index is 12.1. The average molecular weight is 290 g/mol. The Kier molecular flexibility index (Phi) is 5.76. The standard InChI is InChI=1S/C17H26N2O2/c1-19(2)12-14-3-7-15(8-4-14)17(21)18-11-13-5-9-16(20)10-6-13/h3-4,7-8,13,16,20H,5-6,9-12H2,1-2H3,(H,18,21). The third kappa shape index (κ3) is 5.14. The number of nitrogens with zero attached hydrogens (tertiary/aromatic N) is 1. The molecular formula is C17H26N2O2. The molecule has 1 aliphatic rings. The van der Waals surface area contributed by atoms with Crippen molar-refractivity contribution >= 4 is 5.91 Å². The van der Waals surface area contributed by atoms with Crippen LogP contribution in [0.3, 0.4) is 0 Å². The van der Waals surface area contributed by atoms with E-state index in [0.29, 0.717) is 18.0 Å². The molecule has 2 N–H and O–H groups in total. The van der Waals surface area contributed by atoms with Crippen LogP contribution in [0.5, 0.6) is 0 Å². The number of aliphatic hydroxyl groups is 1. The lowest BCUT2D eigenvalue weighted by Crippen LogP contribution is -2.32. The van der Waals surface area contributed by atoms with Crippen LogP contribution in [-0.2, 0) is 6.54 Å². The first kappa shape index (κ1) is 16.0. The topological polar surface area (TPSA) is 52.6 Å². The largest absolute Gasteiger partial charge is 0.393 e. The van der Waals surface area contributed by atoms with E-state index in [1.54, 1.807) is 0 Å². The molecule has 1 fully saturated rings. The predicted octanol–water partition coefficient (Wildman–Crippen LogP) is 2.03. The SMILES string of the molecule is CN(C)Cc1ccc(C(=O)NCC2CCC(O)CC2)cc1. The van der Waals surface area contributed by atoms with Crippen LogP contribution in [-0.4, -0.2) is 42.7 Å². The molecule has 4 nitrogen and oxygen atoms in total. The van der Waals surface area contributed by atoms with Gasteiger partial charge >= 0.3 is 0 Å². The van der Waals surface area contributed by atoms with E-state index in [-0.39, 0.29) is 12.0 Å². The fraction of sp³-hybridized carbons (Fsp3) is 0.588. The number of nitrogens with one attached hydrogen (secondary N) is 1. The van der Waals surface area contributed by atoms with Gasteiger partial charge < -0.3 is 15.3 Å². The normalized spacial score (nSPS) is 22.3. The fourth-order valence-corrected chi connectivity index (χ4v) is 2.81. The summed E-state index contributed by atoms with van der Waals surface area (Å²) in [6.07, 6.45) is 3.59. The summed E-state index contributed by atoms with van der Waals surface area (Å²) in [5.74, 6) is 0.503. The van der Waals surface area contributed by atoms with Gasteiger partial charge in [-0.05, 0) is 63.4 Å². The first-order valence-electron chi connectivity index (χ1n) is 7.74. The van der Waals surface area contributed by atoms with E-state index in [1.165, 1.54) is 5.56 Å². The number of carbonyl (C=O) groups is 1. The lowest BCUT2D eigenvalue weighted by Gasteiger charge is -2.25. The van der Waals surface area contributed by atoms with Crippen LogP contribution < -0.4 is 5.32 Å². The Balaban J connectivity index is 1.80. The van der Waals surface area contributed by atoms with Gasteiger partial charge in [0.1, 0.15) is 0 Å². The van der Waals surface area contributed by atoms with Crippen LogP contribution in [0.15, 0.2) is 24.3 Å². The second kappa shape index (κ2) is 7.57. The maximum atomic E-state index is 12.1. The molecule has 1 amide bonds. The van der Waals surface area contributed by atoms with Gasteiger partial charge in [0.25, 0.3) is 5.91 Å². The summed E-state index contributed by atoms with van der Waals surface area (Å²) >= 11 is 0. The number of hydrogen-bond acceptors (Lipinski definition) is 3. The van der Waals surface area contributed by atoms with Crippen molar-refractivity contribution < 1.29 is 9.90 Å². The average Bonchev–Trinajstić information content (AvgIpc) is 2.46. The number of aliphatic hydroxyl groups excluding tert-OH is 1. The Labute approximate surface area is 127 Å². The van der Waals surface area contributed by atoms with Crippen molar-refractivity contribution in [1.82, 2.24) is 10.2 Å². The molecular weight excluding hydrogens is 264 g/mol. The van der Waals surface area contributed by atoms with Gasteiger partial charge in [0.15, 0.2) is 0 Å². The first-order valence-corrected chi connectivity index (χ1v) is 7.74. The lowest BCUT2D eigenvalue weighted by molar-refractivity contribution is 0.0910. The first-order chi connectivity index (χ1) is 10.0. The van der Waals surface area contributed by atoms with E-state index >= 15 is 0 Å². The molecule has 0 spiro atoms. The van der Waals surface area contributed by atoms with Crippen LogP contribution in [0.2, 0.25) is 0 Å². The Morgan fingerprint density at radius 1 is 1.19 bits per heavy atom. The molecule has 0 radical (unpaired) electrons. The molecule has 21 heavy (non-hydrogen) atoms. The number of hydrogen-bond donors (Lipinski definition) is 2. The third-order valence-electron chi connectivity index (χ3n) is 4.08. The van der Waals surface area contributed by atoms with Gasteiger partial charge in [-0.3, -0.25) is 4.79 Å². The molecule has 0 atom stereocenters. The molecule has 0 saturated heterocycles. The van der Waals surface area contributed by atoms with Crippen molar-refractivity contribution in [3.63, 3.8) is 0 Å². The summed E-state index contributed by atoms with van der Waals surface area (Å²) in [5.41, 5.74) is 1.92. The molecule has 4 heteroatoms. The highest BCUT2D eigenvalue weighted by Crippen LogP contribution is 2.23. The second-order valence-electron chi connectivity index (χ2n) is 6.32.